The van der Waals surface area contributed by atoms with Crippen LogP contribution < -0.4 is 10.6 Å². The largest absolute Gasteiger partial charge is 0.416 e. The SMILES string of the molecule is COCCNc1ccc(C(=O)NCC(C)(C)c2cccc(C(F)(F)F)c2)cc1[N+](=O)[O-]. The van der Waals surface area contributed by atoms with Gasteiger partial charge in [-0.05, 0) is 23.8 Å². The van der Waals surface area contributed by atoms with Gasteiger partial charge in [0.15, 0.2) is 0 Å². The van der Waals surface area contributed by atoms with Crippen LogP contribution in [0.4, 0.5) is 24.5 Å². The van der Waals surface area contributed by atoms with Crippen LogP contribution in [0.15, 0.2) is 42.5 Å². The van der Waals surface area contributed by atoms with E-state index in [0.717, 1.165) is 18.2 Å². The van der Waals surface area contributed by atoms with Crippen LogP contribution in [0.1, 0.15) is 35.3 Å². The minimum atomic E-state index is -4.46. The Morgan fingerprint density at radius 3 is 2.42 bits per heavy atom. The van der Waals surface area contributed by atoms with Gasteiger partial charge in [-0.25, -0.2) is 0 Å². The first-order valence-corrected chi connectivity index (χ1v) is 9.43. The molecule has 0 heterocycles. The lowest BCUT2D eigenvalue weighted by atomic mass is 9.83. The standard InChI is InChI=1S/C21H24F3N3O4/c1-20(2,15-5-4-6-16(12-15)21(22,23)24)13-26-19(28)14-7-8-17(25-9-10-31-3)18(11-14)27(29)30/h4-8,11-12,25H,9-10,13H2,1-3H3,(H,26,28). The molecule has 2 aromatic rings. The lowest BCUT2D eigenvalue weighted by Crippen LogP contribution is -2.36. The van der Waals surface area contributed by atoms with E-state index in [4.69, 9.17) is 4.74 Å². The number of nitrogens with zero attached hydrogens (tertiary/aromatic N) is 1. The second kappa shape index (κ2) is 9.78. The predicted molar refractivity (Wildman–Crippen MR) is 110 cm³/mol. The highest BCUT2D eigenvalue weighted by atomic mass is 19.4. The number of carbonyl (C=O) groups excluding carboxylic acids is 1. The van der Waals surface area contributed by atoms with E-state index >= 15 is 0 Å². The number of rotatable bonds is 9. The Hall–Kier alpha value is -3.14. The number of hydrogen-bond donors (Lipinski definition) is 2. The second-order valence-corrected chi connectivity index (χ2v) is 7.55. The number of ether oxygens (including phenoxy) is 1. The highest BCUT2D eigenvalue weighted by Crippen LogP contribution is 2.32. The molecular formula is C21H24F3N3O4. The third kappa shape index (κ3) is 6.42. The second-order valence-electron chi connectivity index (χ2n) is 7.55. The van der Waals surface area contributed by atoms with Crippen molar-refractivity contribution >= 4 is 17.3 Å². The zero-order valence-corrected chi connectivity index (χ0v) is 17.4. The van der Waals surface area contributed by atoms with E-state index in [0.29, 0.717) is 18.7 Å². The molecule has 10 heteroatoms. The molecule has 0 radical (unpaired) electrons. The maximum Gasteiger partial charge on any atom is 0.416 e. The molecule has 2 rings (SSSR count). The van der Waals surface area contributed by atoms with Crippen molar-refractivity contribution in [1.82, 2.24) is 5.32 Å². The van der Waals surface area contributed by atoms with Crippen LogP contribution in [0.2, 0.25) is 0 Å². The Labute approximate surface area is 177 Å². The number of halogens is 3. The molecule has 0 saturated heterocycles. The highest BCUT2D eigenvalue weighted by molar-refractivity contribution is 5.95. The summed E-state index contributed by atoms with van der Waals surface area (Å²) in [6.45, 7) is 4.15. The van der Waals surface area contributed by atoms with Crippen molar-refractivity contribution in [1.29, 1.82) is 0 Å². The van der Waals surface area contributed by atoms with Crippen molar-refractivity contribution < 1.29 is 27.6 Å². The van der Waals surface area contributed by atoms with Crippen LogP contribution in [0.3, 0.4) is 0 Å². The average Bonchev–Trinajstić information content (AvgIpc) is 2.71. The van der Waals surface area contributed by atoms with Gasteiger partial charge >= 0.3 is 6.18 Å². The van der Waals surface area contributed by atoms with Gasteiger partial charge in [0.2, 0.25) is 0 Å². The van der Waals surface area contributed by atoms with E-state index in [2.05, 4.69) is 10.6 Å². The normalized spacial score (nSPS) is 11.8. The van der Waals surface area contributed by atoms with Gasteiger partial charge in [0.05, 0.1) is 17.1 Å². The van der Waals surface area contributed by atoms with Gasteiger partial charge in [-0.3, -0.25) is 14.9 Å². The van der Waals surface area contributed by atoms with E-state index in [1.54, 1.807) is 19.9 Å². The Kier molecular flexibility index (Phi) is 7.61. The Morgan fingerprint density at radius 1 is 1.13 bits per heavy atom. The van der Waals surface area contributed by atoms with Crippen molar-refractivity contribution in [3.05, 3.63) is 69.3 Å². The van der Waals surface area contributed by atoms with Crippen molar-refractivity contribution in [3.8, 4) is 0 Å². The summed E-state index contributed by atoms with van der Waals surface area (Å²) in [6.07, 6.45) is -4.46. The van der Waals surface area contributed by atoms with Crippen LogP contribution in [0, 0.1) is 10.1 Å². The molecule has 0 spiro atoms. The zero-order chi connectivity index (χ0) is 23.2. The summed E-state index contributed by atoms with van der Waals surface area (Å²) < 4.78 is 43.9. The van der Waals surface area contributed by atoms with Gasteiger partial charge in [0, 0.05) is 37.2 Å². The Morgan fingerprint density at radius 2 is 1.81 bits per heavy atom. The molecule has 7 nitrogen and oxygen atoms in total. The minimum absolute atomic E-state index is 0.0365. The fourth-order valence-corrected chi connectivity index (χ4v) is 2.88. The molecule has 31 heavy (non-hydrogen) atoms. The topological polar surface area (TPSA) is 93.5 Å². The van der Waals surface area contributed by atoms with Gasteiger partial charge in [-0.15, -0.1) is 0 Å². The van der Waals surface area contributed by atoms with Gasteiger partial charge in [-0.1, -0.05) is 32.0 Å². The van der Waals surface area contributed by atoms with E-state index in [9.17, 15) is 28.1 Å². The lowest BCUT2D eigenvalue weighted by molar-refractivity contribution is -0.384. The van der Waals surface area contributed by atoms with E-state index in [-0.39, 0.29) is 23.5 Å². The highest BCUT2D eigenvalue weighted by Gasteiger charge is 2.32. The summed E-state index contributed by atoms with van der Waals surface area (Å²) in [5.41, 5.74) is -1.10. The summed E-state index contributed by atoms with van der Waals surface area (Å²) in [7, 11) is 1.50. The Balaban J connectivity index is 2.14. The van der Waals surface area contributed by atoms with Crippen molar-refractivity contribution in [2.45, 2.75) is 25.4 Å². The van der Waals surface area contributed by atoms with Crippen molar-refractivity contribution in [3.63, 3.8) is 0 Å². The number of nitro benzene ring substituents is 1. The first kappa shape index (κ1) is 24.1. The van der Waals surface area contributed by atoms with Crippen LogP contribution in [0.5, 0.6) is 0 Å². The molecule has 168 valence electrons. The molecule has 0 aromatic heterocycles. The quantitative estimate of drug-likeness (QED) is 0.344. The molecule has 0 unspecified atom stereocenters. The summed E-state index contributed by atoms with van der Waals surface area (Å²) in [5.74, 6) is -0.563. The molecule has 2 aromatic carbocycles. The van der Waals surface area contributed by atoms with E-state index in [1.165, 1.54) is 25.3 Å². The number of carbonyl (C=O) groups is 1. The van der Waals surface area contributed by atoms with E-state index < -0.39 is 28.0 Å². The third-order valence-electron chi connectivity index (χ3n) is 4.74. The van der Waals surface area contributed by atoms with Crippen LogP contribution in [-0.2, 0) is 16.3 Å². The Bertz CT molecular complexity index is 946. The number of hydrogen-bond acceptors (Lipinski definition) is 5. The van der Waals surface area contributed by atoms with Gasteiger partial charge in [-0.2, -0.15) is 13.2 Å². The molecule has 2 N–H and O–H groups in total. The van der Waals surface area contributed by atoms with Crippen LogP contribution in [0.25, 0.3) is 0 Å². The fraction of sp³-hybridized carbons (Fsp3) is 0.381. The molecule has 0 fully saturated rings. The van der Waals surface area contributed by atoms with E-state index in [1.807, 2.05) is 0 Å². The number of nitrogens with one attached hydrogen (secondary N) is 2. The first-order chi connectivity index (χ1) is 14.5. The van der Waals surface area contributed by atoms with Crippen LogP contribution >= 0.6 is 0 Å². The number of methoxy groups -OCH3 is 1. The maximum atomic E-state index is 13.0. The lowest BCUT2D eigenvalue weighted by Gasteiger charge is -2.26. The molecule has 1 amide bonds. The van der Waals surface area contributed by atoms with Gasteiger partial charge in [0.25, 0.3) is 11.6 Å². The van der Waals surface area contributed by atoms with Crippen LogP contribution in [-0.4, -0.2) is 37.6 Å². The molecule has 0 saturated carbocycles. The minimum Gasteiger partial charge on any atom is -0.383 e. The zero-order valence-electron chi connectivity index (χ0n) is 17.4. The maximum absolute atomic E-state index is 13.0. The number of nitro groups is 1. The smallest absolute Gasteiger partial charge is 0.383 e. The molecule has 0 aliphatic rings. The molecule has 0 aliphatic carbocycles. The summed E-state index contributed by atoms with van der Waals surface area (Å²) in [4.78, 5) is 23.3. The number of benzene rings is 2. The van der Waals surface area contributed by atoms with Gasteiger partial charge in [0.1, 0.15) is 5.69 Å². The first-order valence-electron chi connectivity index (χ1n) is 9.43. The van der Waals surface area contributed by atoms with Crippen molar-refractivity contribution in [2.75, 3.05) is 32.1 Å². The third-order valence-corrected chi connectivity index (χ3v) is 4.74. The predicted octanol–water partition coefficient (Wildman–Crippen LogP) is 4.38. The fourth-order valence-electron chi connectivity index (χ4n) is 2.88. The summed E-state index contributed by atoms with van der Waals surface area (Å²) in [5, 5.41) is 16.9. The number of anilines is 1. The molecule has 0 bridgehead atoms. The summed E-state index contributed by atoms with van der Waals surface area (Å²) in [6, 6.07) is 8.95. The molecular weight excluding hydrogens is 415 g/mol. The molecule has 0 aliphatic heterocycles. The number of alkyl halides is 3. The van der Waals surface area contributed by atoms with Crippen molar-refractivity contribution in [2.24, 2.45) is 0 Å². The molecule has 0 atom stereocenters. The van der Waals surface area contributed by atoms with Gasteiger partial charge < -0.3 is 15.4 Å². The summed E-state index contributed by atoms with van der Waals surface area (Å²) >= 11 is 0. The monoisotopic (exact) mass is 439 g/mol. The number of amides is 1. The average molecular weight is 439 g/mol.